The topological polar surface area (TPSA) is 66.5 Å². The first-order valence-electron chi connectivity index (χ1n) is 5.35. The molecule has 17 heavy (non-hydrogen) atoms. The highest BCUT2D eigenvalue weighted by atomic mass is 16.2. The van der Waals surface area contributed by atoms with Gasteiger partial charge in [-0.1, -0.05) is 13.2 Å². The summed E-state index contributed by atoms with van der Waals surface area (Å²) in [7, 11) is 1.53. The summed E-state index contributed by atoms with van der Waals surface area (Å²) in [5, 5.41) is 2.47. The summed E-state index contributed by atoms with van der Waals surface area (Å²) in [5.41, 5.74) is 0.971. The molecule has 1 N–H and O–H groups in total. The Labute approximate surface area is 100 Å². The first-order chi connectivity index (χ1) is 8.01. The maximum absolute atomic E-state index is 11.7. The van der Waals surface area contributed by atoms with Crippen molar-refractivity contribution in [3.8, 4) is 0 Å². The van der Waals surface area contributed by atoms with Gasteiger partial charge in [0.05, 0.1) is 6.04 Å². The van der Waals surface area contributed by atoms with Crippen LogP contribution in [-0.2, 0) is 14.4 Å². The van der Waals surface area contributed by atoms with Crippen molar-refractivity contribution < 1.29 is 14.4 Å². The molecule has 0 spiro atoms. The van der Waals surface area contributed by atoms with Crippen molar-refractivity contribution in [1.29, 1.82) is 0 Å². The molecule has 0 aromatic rings. The highest BCUT2D eigenvalue weighted by Crippen LogP contribution is 2.23. The van der Waals surface area contributed by atoms with E-state index in [0.29, 0.717) is 30.4 Å². The smallest absolute Gasteiger partial charge is 0.254 e. The van der Waals surface area contributed by atoms with Gasteiger partial charge >= 0.3 is 0 Å². The normalized spacial score (nSPS) is 17.2. The van der Waals surface area contributed by atoms with E-state index >= 15 is 0 Å². The largest absolute Gasteiger partial charge is 0.359 e. The Morgan fingerprint density at radius 3 is 2.65 bits per heavy atom. The van der Waals surface area contributed by atoms with Crippen molar-refractivity contribution in [2.45, 2.75) is 18.9 Å². The van der Waals surface area contributed by atoms with E-state index in [-0.39, 0.29) is 18.2 Å². The second-order valence-corrected chi connectivity index (χ2v) is 3.93. The molecule has 1 heterocycles. The van der Waals surface area contributed by atoms with E-state index in [4.69, 9.17) is 0 Å². The summed E-state index contributed by atoms with van der Waals surface area (Å²) in [6, 6.07) is -0.587. The number of carbonyl (C=O) groups excluding carboxylic acids is 3. The van der Waals surface area contributed by atoms with Crippen LogP contribution >= 0.6 is 0 Å². The average molecular weight is 236 g/mol. The number of hydrogen-bond donors (Lipinski definition) is 1. The van der Waals surface area contributed by atoms with Crippen LogP contribution in [-0.4, -0.2) is 42.6 Å². The third kappa shape index (κ3) is 2.81. The maximum Gasteiger partial charge on any atom is 0.254 e. The third-order valence-corrected chi connectivity index (χ3v) is 2.81. The number of likely N-dealkylation sites (tertiary alicyclic amines) is 1. The van der Waals surface area contributed by atoms with Crippen LogP contribution in [0.15, 0.2) is 24.3 Å². The van der Waals surface area contributed by atoms with Gasteiger partial charge in [0.1, 0.15) is 6.29 Å². The van der Waals surface area contributed by atoms with Crippen LogP contribution in [0.25, 0.3) is 0 Å². The standard InChI is InChI=1S/C12H16N2O3/c1-8-6-14(12(17)9(8)2)10(7-15)4-5-11(16)13-3/h7,10H,1-2,4-6H2,3H3,(H,13,16). The lowest BCUT2D eigenvalue weighted by Gasteiger charge is -2.22. The van der Waals surface area contributed by atoms with Crippen LogP contribution in [0.2, 0.25) is 0 Å². The first kappa shape index (κ1) is 13.2. The summed E-state index contributed by atoms with van der Waals surface area (Å²) in [4.78, 5) is 35.2. The van der Waals surface area contributed by atoms with Gasteiger partial charge in [0, 0.05) is 25.6 Å². The minimum atomic E-state index is -0.587. The molecule has 1 atom stereocenters. The number of nitrogens with one attached hydrogen (secondary N) is 1. The van der Waals surface area contributed by atoms with E-state index in [1.54, 1.807) is 0 Å². The summed E-state index contributed by atoms with van der Waals surface area (Å²) in [6.45, 7) is 7.63. The Morgan fingerprint density at radius 2 is 2.24 bits per heavy atom. The predicted molar refractivity (Wildman–Crippen MR) is 63.1 cm³/mol. The highest BCUT2D eigenvalue weighted by Gasteiger charge is 2.32. The van der Waals surface area contributed by atoms with Crippen LogP contribution in [0.5, 0.6) is 0 Å². The molecule has 0 aromatic carbocycles. The lowest BCUT2D eigenvalue weighted by Crippen LogP contribution is -2.38. The molecule has 0 bridgehead atoms. The lowest BCUT2D eigenvalue weighted by molar-refractivity contribution is -0.131. The van der Waals surface area contributed by atoms with Gasteiger partial charge in [0.25, 0.3) is 5.91 Å². The fourth-order valence-corrected chi connectivity index (χ4v) is 1.67. The Hall–Kier alpha value is -1.91. The molecule has 5 heteroatoms. The molecule has 0 aliphatic carbocycles. The number of nitrogens with zero attached hydrogens (tertiary/aromatic N) is 1. The third-order valence-electron chi connectivity index (χ3n) is 2.81. The monoisotopic (exact) mass is 236 g/mol. The molecule has 0 saturated carbocycles. The van der Waals surface area contributed by atoms with E-state index in [1.807, 2.05) is 0 Å². The second kappa shape index (κ2) is 5.43. The summed E-state index contributed by atoms with van der Waals surface area (Å²) in [5.74, 6) is -0.426. The molecule has 1 rings (SSSR count). The van der Waals surface area contributed by atoms with E-state index in [2.05, 4.69) is 18.5 Å². The quantitative estimate of drug-likeness (QED) is 0.541. The number of carbonyl (C=O) groups is 3. The second-order valence-electron chi connectivity index (χ2n) is 3.93. The molecule has 1 aliphatic rings. The minimum Gasteiger partial charge on any atom is -0.359 e. The van der Waals surface area contributed by atoms with E-state index in [1.165, 1.54) is 11.9 Å². The zero-order valence-corrected chi connectivity index (χ0v) is 9.86. The van der Waals surface area contributed by atoms with Crippen LogP contribution in [0.3, 0.4) is 0 Å². The van der Waals surface area contributed by atoms with Crippen molar-refractivity contribution >= 4 is 18.1 Å². The van der Waals surface area contributed by atoms with Gasteiger partial charge in [0.2, 0.25) is 5.91 Å². The number of aldehydes is 1. The van der Waals surface area contributed by atoms with Gasteiger partial charge in [-0.15, -0.1) is 0 Å². The SMILES string of the molecule is C=C1CN(C(C=O)CCC(=O)NC)C(=O)C1=C. The summed E-state index contributed by atoms with van der Waals surface area (Å²) < 4.78 is 0. The van der Waals surface area contributed by atoms with Gasteiger partial charge in [-0.2, -0.15) is 0 Å². The first-order valence-corrected chi connectivity index (χ1v) is 5.35. The Bertz CT molecular complexity index is 387. The van der Waals surface area contributed by atoms with Crippen molar-refractivity contribution in [1.82, 2.24) is 10.2 Å². The van der Waals surface area contributed by atoms with Crippen LogP contribution in [0.1, 0.15) is 12.8 Å². The minimum absolute atomic E-state index is 0.152. The van der Waals surface area contributed by atoms with E-state index in [0.717, 1.165) is 0 Å². The molecule has 2 amide bonds. The maximum atomic E-state index is 11.7. The van der Waals surface area contributed by atoms with Crippen molar-refractivity contribution in [2.75, 3.05) is 13.6 Å². The Morgan fingerprint density at radius 1 is 1.59 bits per heavy atom. The van der Waals surface area contributed by atoms with E-state index in [9.17, 15) is 14.4 Å². The molecule has 5 nitrogen and oxygen atoms in total. The fraction of sp³-hybridized carbons (Fsp3) is 0.417. The van der Waals surface area contributed by atoms with Gasteiger partial charge in [0.15, 0.2) is 0 Å². The van der Waals surface area contributed by atoms with Crippen LogP contribution in [0, 0.1) is 0 Å². The average Bonchev–Trinajstić information content (AvgIpc) is 2.58. The molecular weight excluding hydrogens is 220 g/mol. The van der Waals surface area contributed by atoms with Crippen molar-refractivity contribution in [2.24, 2.45) is 0 Å². The number of amides is 2. The molecule has 0 radical (unpaired) electrons. The predicted octanol–water partition coefficient (Wildman–Crippen LogP) is 0.0347. The molecule has 92 valence electrons. The van der Waals surface area contributed by atoms with Gasteiger partial charge < -0.3 is 15.0 Å². The van der Waals surface area contributed by atoms with Crippen LogP contribution in [0.4, 0.5) is 0 Å². The number of rotatable bonds is 5. The van der Waals surface area contributed by atoms with Crippen molar-refractivity contribution in [3.05, 3.63) is 24.3 Å². The zero-order chi connectivity index (χ0) is 13.0. The van der Waals surface area contributed by atoms with Crippen LogP contribution < -0.4 is 5.32 Å². The fourth-order valence-electron chi connectivity index (χ4n) is 1.67. The summed E-state index contributed by atoms with van der Waals surface area (Å²) in [6.07, 6.45) is 1.21. The van der Waals surface area contributed by atoms with Gasteiger partial charge in [-0.25, -0.2) is 0 Å². The zero-order valence-electron chi connectivity index (χ0n) is 9.86. The highest BCUT2D eigenvalue weighted by molar-refractivity contribution is 6.01. The van der Waals surface area contributed by atoms with Gasteiger partial charge in [-0.05, 0) is 12.0 Å². The van der Waals surface area contributed by atoms with Crippen molar-refractivity contribution in [3.63, 3.8) is 0 Å². The molecule has 1 saturated heterocycles. The van der Waals surface area contributed by atoms with Gasteiger partial charge in [-0.3, -0.25) is 9.59 Å². The molecule has 1 aliphatic heterocycles. The molecule has 0 aromatic heterocycles. The Kier molecular flexibility index (Phi) is 4.20. The summed E-state index contributed by atoms with van der Waals surface area (Å²) >= 11 is 0. The van der Waals surface area contributed by atoms with E-state index < -0.39 is 6.04 Å². The molecule has 1 fully saturated rings. The Balaban J connectivity index is 2.66. The molecule has 1 unspecified atom stereocenters. The lowest BCUT2D eigenvalue weighted by atomic mass is 10.1. The molecular formula is C12H16N2O3. The number of hydrogen-bond acceptors (Lipinski definition) is 3.